The Labute approximate surface area is 128 Å². The number of carbonyl (C=O) groups is 1. The van der Waals surface area contributed by atoms with Crippen LogP contribution in [-0.4, -0.2) is 5.91 Å². The lowest BCUT2D eigenvalue weighted by atomic mass is 9.93. The third-order valence-corrected chi connectivity index (χ3v) is 4.05. The second kappa shape index (κ2) is 5.60. The highest BCUT2D eigenvalue weighted by molar-refractivity contribution is 9.10. The minimum atomic E-state index is -0.886. The molecule has 110 valence electrons. The molecule has 0 saturated carbocycles. The van der Waals surface area contributed by atoms with Gasteiger partial charge in [0.2, 0.25) is 0 Å². The van der Waals surface area contributed by atoms with Crippen LogP contribution in [0.15, 0.2) is 33.4 Å². The van der Waals surface area contributed by atoms with E-state index >= 15 is 0 Å². The van der Waals surface area contributed by atoms with E-state index in [4.69, 9.17) is 4.42 Å². The number of rotatable bonds is 2. The molecule has 3 rings (SSSR count). The highest BCUT2D eigenvalue weighted by Crippen LogP contribution is 2.31. The molecule has 0 radical (unpaired) electrons. The van der Waals surface area contributed by atoms with Gasteiger partial charge in [-0.15, -0.1) is 0 Å². The van der Waals surface area contributed by atoms with Crippen molar-refractivity contribution in [2.45, 2.75) is 25.3 Å². The van der Waals surface area contributed by atoms with Gasteiger partial charge < -0.3 is 9.73 Å². The second-order valence-corrected chi connectivity index (χ2v) is 5.88. The molecule has 1 atom stereocenters. The summed E-state index contributed by atoms with van der Waals surface area (Å²) in [5, 5.41) is 2.68. The molecule has 21 heavy (non-hydrogen) atoms. The highest BCUT2D eigenvalue weighted by atomic mass is 79.9. The van der Waals surface area contributed by atoms with Crippen molar-refractivity contribution in [3.63, 3.8) is 0 Å². The van der Waals surface area contributed by atoms with E-state index in [1.165, 1.54) is 0 Å². The quantitative estimate of drug-likeness (QED) is 0.879. The van der Waals surface area contributed by atoms with Gasteiger partial charge in [-0.05, 0) is 31.0 Å². The van der Waals surface area contributed by atoms with Crippen LogP contribution < -0.4 is 5.32 Å². The number of benzene rings is 1. The zero-order chi connectivity index (χ0) is 15.0. The van der Waals surface area contributed by atoms with Gasteiger partial charge >= 0.3 is 0 Å². The van der Waals surface area contributed by atoms with Crippen molar-refractivity contribution in [1.29, 1.82) is 0 Å². The number of amides is 1. The molecule has 1 heterocycles. The zero-order valence-corrected chi connectivity index (χ0v) is 12.5. The molecule has 0 spiro atoms. The predicted molar refractivity (Wildman–Crippen MR) is 75.9 cm³/mol. The van der Waals surface area contributed by atoms with Crippen LogP contribution >= 0.6 is 15.9 Å². The molecule has 3 nitrogen and oxygen atoms in total. The molecule has 6 heteroatoms. The average Bonchev–Trinajstić information content (AvgIpc) is 2.86. The SMILES string of the molecule is O=C(NC1CCCc2occc21)c1c(F)cc(Br)cc1F. The number of nitrogens with one attached hydrogen (secondary N) is 1. The van der Waals surface area contributed by atoms with Crippen molar-refractivity contribution in [1.82, 2.24) is 5.32 Å². The summed E-state index contributed by atoms with van der Waals surface area (Å²) in [4.78, 5) is 12.2. The third-order valence-electron chi connectivity index (χ3n) is 3.59. The standard InChI is InChI=1S/C15H12BrF2NO2/c16-8-6-10(17)14(11(18)7-8)15(20)19-12-2-1-3-13-9(12)4-5-21-13/h4-7,12H,1-3H2,(H,19,20). The van der Waals surface area contributed by atoms with Crippen LogP contribution in [0.5, 0.6) is 0 Å². The van der Waals surface area contributed by atoms with Crippen LogP contribution in [0.1, 0.15) is 40.6 Å². The maximum Gasteiger partial charge on any atom is 0.257 e. The van der Waals surface area contributed by atoms with E-state index in [1.807, 2.05) is 0 Å². The molecule has 1 aromatic carbocycles. The first-order valence-electron chi connectivity index (χ1n) is 6.58. The Kier molecular flexibility index (Phi) is 3.80. The summed E-state index contributed by atoms with van der Waals surface area (Å²) in [6, 6.07) is 3.65. The summed E-state index contributed by atoms with van der Waals surface area (Å²) in [6.45, 7) is 0. The fraction of sp³-hybridized carbons (Fsp3) is 0.267. The number of aryl methyl sites for hydroxylation is 1. The van der Waals surface area contributed by atoms with Crippen LogP contribution in [0.25, 0.3) is 0 Å². The summed E-state index contributed by atoms with van der Waals surface area (Å²) in [5.41, 5.74) is 0.321. The van der Waals surface area contributed by atoms with Gasteiger partial charge in [-0.2, -0.15) is 0 Å². The Morgan fingerprint density at radius 1 is 1.33 bits per heavy atom. The maximum atomic E-state index is 13.8. The van der Waals surface area contributed by atoms with Crippen molar-refractivity contribution in [2.75, 3.05) is 0 Å². The van der Waals surface area contributed by atoms with Gasteiger partial charge in [-0.25, -0.2) is 8.78 Å². The van der Waals surface area contributed by atoms with E-state index in [1.54, 1.807) is 12.3 Å². The summed E-state index contributed by atoms with van der Waals surface area (Å²) in [5.74, 6) is -1.70. The van der Waals surface area contributed by atoms with Crippen molar-refractivity contribution in [3.05, 3.63) is 57.5 Å². The predicted octanol–water partition coefficient (Wildman–Crippen LogP) is 4.13. The van der Waals surface area contributed by atoms with Gasteiger partial charge in [-0.3, -0.25) is 4.79 Å². The normalized spacial score (nSPS) is 17.4. The largest absolute Gasteiger partial charge is 0.469 e. The van der Waals surface area contributed by atoms with Gasteiger partial charge in [0, 0.05) is 16.5 Å². The molecule has 1 aromatic heterocycles. The number of furan rings is 1. The fourth-order valence-corrected chi connectivity index (χ4v) is 3.03. The summed E-state index contributed by atoms with van der Waals surface area (Å²) in [6.07, 6.45) is 3.96. The summed E-state index contributed by atoms with van der Waals surface area (Å²) >= 11 is 2.99. The van der Waals surface area contributed by atoms with Gasteiger partial charge in [0.05, 0.1) is 12.3 Å². The molecular formula is C15H12BrF2NO2. The van der Waals surface area contributed by atoms with E-state index in [9.17, 15) is 13.6 Å². The molecule has 1 amide bonds. The molecule has 2 aromatic rings. The first kappa shape index (κ1) is 14.3. The first-order valence-corrected chi connectivity index (χ1v) is 7.37. The molecule has 1 aliphatic carbocycles. The van der Waals surface area contributed by atoms with Crippen molar-refractivity contribution < 1.29 is 18.0 Å². The molecule has 1 N–H and O–H groups in total. The lowest BCUT2D eigenvalue weighted by Crippen LogP contribution is -2.31. The van der Waals surface area contributed by atoms with Crippen LogP contribution in [0, 0.1) is 11.6 Å². The number of carbonyl (C=O) groups excluding carboxylic acids is 1. The molecule has 0 fully saturated rings. The van der Waals surface area contributed by atoms with Gasteiger partial charge in [0.15, 0.2) is 0 Å². The first-order chi connectivity index (χ1) is 10.1. The van der Waals surface area contributed by atoms with Gasteiger partial charge in [0.25, 0.3) is 5.91 Å². The number of hydrogen-bond acceptors (Lipinski definition) is 2. The Morgan fingerprint density at radius 2 is 2.05 bits per heavy atom. The molecule has 0 bridgehead atoms. The number of fused-ring (bicyclic) bond motifs is 1. The lowest BCUT2D eigenvalue weighted by molar-refractivity contribution is 0.0923. The number of halogens is 3. The summed E-state index contributed by atoms with van der Waals surface area (Å²) in [7, 11) is 0. The van der Waals surface area contributed by atoms with E-state index < -0.39 is 23.1 Å². The van der Waals surface area contributed by atoms with Crippen molar-refractivity contribution >= 4 is 21.8 Å². The van der Waals surface area contributed by atoms with E-state index in [-0.39, 0.29) is 10.5 Å². The topological polar surface area (TPSA) is 42.2 Å². The smallest absolute Gasteiger partial charge is 0.257 e. The van der Waals surface area contributed by atoms with E-state index in [2.05, 4.69) is 21.2 Å². The van der Waals surface area contributed by atoms with Gasteiger partial charge in [-0.1, -0.05) is 15.9 Å². The monoisotopic (exact) mass is 355 g/mol. The maximum absolute atomic E-state index is 13.8. The van der Waals surface area contributed by atoms with Crippen LogP contribution in [0.3, 0.4) is 0 Å². The Morgan fingerprint density at radius 3 is 2.76 bits per heavy atom. The van der Waals surface area contributed by atoms with Crippen molar-refractivity contribution in [2.24, 2.45) is 0 Å². The minimum absolute atomic E-state index is 0.254. The molecule has 0 saturated heterocycles. The fourth-order valence-electron chi connectivity index (χ4n) is 2.63. The van der Waals surface area contributed by atoms with Crippen molar-refractivity contribution in [3.8, 4) is 0 Å². The minimum Gasteiger partial charge on any atom is -0.469 e. The number of hydrogen-bond donors (Lipinski definition) is 1. The average molecular weight is 356 g/mol. The van der Waals surface area contributed by atoms with Crippen LogP contribution in [-0.2, 0) is 6.42 Å². The Hall–Kier alpha value is -1.69. The zero-order valence-electron chi connectivity index (χ0n) is 11.0. The molecule has 0 aliphatic heterocycles. The van der Waals surface area contributed by atoms with E-state index in [0.29, 0.717) is 0 Å². The van der Waals surface area contributed by atoms with Crippen LogP contribution in [0.2, 0.25) is 0 Å². The second-order valence-electron chi connectivity index (χ2n) is 4.96. The molecular weight excluding hydrogens is 344 g/mol. The summed E-state index contributed by atoms with van der Waals surface area (Å²) < 4.78 is 33.2. The molecule has 1 unspecified atom stereocenters. The Bertz CT molecular complexity index is 676. The highest BCUT2D eigenvalue weighted by Gasteiger charge is 2.26. The van der Waals surface area contributed by atoms with Gasteiger partial charge in [0.1, 0.15) is 23.0 Å². The lowest BCUT2D eigenvalue weighted by Gasteiger charge is -2.23. The third kappa shape index (κ3) is 2.72. The molecule has 1 aliphatic rings. The van der Waals surface area contributed by atoms with E-state index in [0.717, 1.165) is 42.7 Å². The van der Waals surface area contributed by atoms with Crippen LogP contribution in [0.4, 0.5) is 8.78 Å². The Balaban J connectivity index is 1.86.